The highest BCUT2D eigenvalue weighted by Gasteiger charge is 2.32. The Hall–Kier alpha value is -4.05. The van der Waals surface area contributed by atoms with Gasteiger partial charge in [0, 0.05) is 42.2 Å². The van der Waals surface area contributed by atoms with Crippen LogP contribution >= 0.6 is 11.6 Å². The van der Waals surface area contributed by atoms with Gasteiger partial charge in [-0.1, -0.05) is 29.8 Å². The molecule has 2 heterocycles. The number of rotatable bonds is 5. The van der Waals surface area contributed by atoms with E-state index in [1.165, 1.54) is 6.07 Å². The Balaban J connectivity index is 1.42. The van der Waals surface area contributed by atoms with E-state index in [1.807, 2.05) is 26.8 Å². The first-order valence-electron chi connectivity index (χ1n) is 13.6. The molecule has 1 aliphatic rings. The summed E-state index contributed by atoms with van der Waals surface area (Å²) in [4.78, 5) is 35.8. The number of carbonyl (C=O) groups is 2. The predicted octanol–water partition coefficient (Wildman–Crippen LogP) is 6.74. The van der Waals surface area contributed by atoms with Crippen LogP contribution in [-0.2, 0) is 25.6 Å². The summed E-state index contributed by atoms with van der Waals surface area (Å²) >= 11 is 6.06. The fraction of sp³-hybridized carbons (Fsp3) is 0.323. The Labute approximate surface area is 246 Å². The van der Waals surface area contributed by atoms with Crippen molar-refractivity contribution in [3.63, 3.8) is 0 Å². The Kier molecular flexibility index (Phi) is 7.94. The summed E-state index contributed by atoms with van der Waals surface area (Å²) in [7, 11) is 0. The zero-order chi connectivity index (χ0) is 30.2. The topological polar surface area (TPSA) is 90.1 Å². The number of hydrogen-bond acceptors (Lipinski definition) is 3. The first-order valence-corrected chi connectivity index (χ1v) is 14.0. The van der Waals surface area contributed by atoms with E-state index in [2.05, 4.69) is 20.6 Å². The third-order valence-electron chi connectivity index (χ3n) is 7.07. The van der Waals surface area contributed by atoms with E-state index in [4.69, 9.17) is 11.6 Å². The maximum absolute atomic E-state index is 13.5. The SMILES string of the molecule is CC(C)(C)NC(=O)N1CCc2c(-c3cccc(C(F)(F)F)c3)ccc(C(=O)NCCc3nc4ccc(Cl)cc4[nH]3)c2C1. The summed E-state index contributed by atoms with van der Waals surface area (Å²) < 4.78 is 40.4. The number of carbonyl (C=O) groups excluding carboxylic acids is 2. The zero-order valence-corrected chi connectivity index (χ0v) is 24.2. The van der Waals surface area contributed by atoms with E-state index in [1.54, 1.807) is 35.2 Å². The fourth-order valence-corrected chi connectivity index (χ4v) is 5.31. The molecule has 42 heavy (non-hydrogen) atoms. The summed E-state index contributed by atoms with van der Waals surface area (Å²) in [6.07, 6.45) is -3.65. The van der Waals surface area contributed by atoms with Crippen LogP contribution in [-0.4, -0.2) is 45.4 Å². The lowest BCUT2D eigenvalue weighted by Crippen LogP contribution is -2.50. The molecule has 0 saturated carbocycles. The Morgan fingerprint density at radius 2 is 1.83 bits per heavy atom. The van der Waals surface area contributed by atoms with Crippen molar-refractivity contribution in [3.05, 3.63) is 87.7 Å². The number of fused-ring (bicyclic) bond motifs is 2. The number of nitrogens with one attached hydrogen (secondary N) is 3. The minimum Gasteiger partial charge on any atom is -0.352 e. The number of urea groups is 1. The van der Waals surface area contributed by atoms with Crippen LogP contribution in [0.15, 0.2) is 54.6 Å². The lowest BCUT2D eigenvalue weighted by Gasteiger charge is -2.34. The van der Waals surface area contributed by atoms with Crippen molar-refractivity contribution in [2.45, 2.75) is 51.9 Å². The second kappa shape index (κ2) is 11.3. The van der Waals surface area contributed by atoms with Crippen LogP contribution in [0, 0.1) is 0 Å². The smallest absolute Gasteiger partial charge is 0.352 e. The Morgan fingerprint density at radius 1 is 1.05 bits per heavy atom. The molecule has 0 saturated heterocycles. The molecule has 0 fully saturated rings. The minimum atomic E-state index is -4.48. The summed E-state index contributed by atoms with van der Waals surface area (Å²) in [5.41, 5.74) is 3.16. The molecule has 0 atom stereocenters. The van der Waals surface area contributed by atoms with Crippen molar-refractivity contribution in [3.8, 4) is 11.1 Å². The van der Waals surface area contributed by atoms with E-state index in [0.29, 0.717) is 59.0 Å². The zero-order valence-electron chi connectivity index (χ0n) is 23.5. The highest BCUT2D eigenvalue weighted by molar-refractivity contribution is 6.31. The van der Waals surface area contributed by atoms with Gasteiger partial charge in [-0.05, 0) is 85.8 Å². The van der Waals surface area contributed by atoms with Crippen molar-refractivity contribution in [1.82, 2.24) is 25.5 Å². The number of amides is 3. The molecule has 3 N–H and O–H groups in total. The summed E-state index contributed by atoms with van der Waals surface area (Å²) in [6, 6.07) is 13.6. The molecule has 1 aliphatic heterocycles. The monoisotopic (exact) mass is 597 g/mol. The average molecular weight is 598 g/mol. The molecule has 0 aliphatic carbocycles. The molecule has 0 bridgehead atoms. The Bertz CT molecular complexity index is 1660. The van der Waals surface area contributed by atoms with Crippen LogP contribution in [0.3, 0.4) is 0 Å². The second-order valence-electron chi connectivity index (χ2n) is 11.4. The number of imidazole rings is 1. The lowest BCUT2D eigenvalue weighted by atomic mass is 9.87. The van der Waals surface area contributed by atoms with Crippen LogP contribution in [0.4, 0.5) is 18.0 Å². The Morgan fingerprint density at radius 3 is 2.57 bits per heavy atom. The molecular formula is C31H31ClF3N5O2. The summed E-state index contributed by atoms with van der Waals surface area (Å²) in [5, 5.41) is 6.47. The number of nitrogens with zero attached hydrogens (tertiary/aromatic N) is 2. The predicted molar refractivity (Wildman–Crippen MR) is 156 cm³/mol. The molecule has 11 heteroatoms. The third-order valence-corrected chi connectivity index (χ3v) is 7.30. The quantitative estimate of drug-likeness (QED) is 0.238. The number of benzene rings is 3. The highest BCUT2D eigenvalue weighted by Crippen LogP contribution is 2.36. The first kappa shape index (κ1) is 29.4. The molecule has 0 spiro atoms. The van der Waals surface area contributed by atoms with Gasteiger partial charge in [-0.3, -0.25) is 4.79 Å². The van der Waals surface area contributed by atoms with Gasteiger partial charge >= 0.3 is 12.2 Å². The number of halogens is 4. The maximum atomic E-state index is 13.5. The van der Waals surface area contributed by atoms with Crippen molar-refractivity contribution in [2.24, 2.45) is 0 Å². The van der Waals surface area contributed by atoms with E-state index in [9.17, 15) is 22.8 Å². The molecule has 3 aromatic carbocycles. The molecule has 7 nitrogen and oxygen atoms in total. The standard InChI is InChI=1S/C31H31ClF3N5O2/c1-30(2,3)39-29(42)40-14-12-22-21(18-5-4-6-19(15-18)31(33,34)35)8-9-23(24(22)17-40)28(41)36-13-11-27-37-25-10-7-20(32)16-26(25)38-27/h4-10,15-16H,11-14,17H2,1-3H3,(H,36,41)(H,37,38)(H,39,42). The van der Waals surface area contributed by atoms with Crippen molar-refractivity contribution in [2.75, 3.05) is 13.1 Å². The highest BCUT2D eigenvalue weighted by atomic mass is 35.5. The summed E-state index contributed by atoms with van der Waals surface area (Å²) in [6.45, 7) is 6.45. The fourth-order valence-electron chi connectivity index (χ4n) is 5.14. The van der Waals surface area contributed by atoms with Gasteiger partial charge in [0.2, 0.25) is 0 Å². The van der Waals surface area contributed by atoms with Gasteiger partial charge in [0.1, 0.15) is 5.82 Å². The van der Waals surface area contributed by atoms with Gasteiger partial charge in [-0.15, -0.1) is 0 Å². The number of alkyl halides is 3. The van der Waals surface area contributed by atoms with Crippen molar-refractivity contribution >= 4 is 34.6 Å². The van der Waals surface area contributed by atoms with Gasteiger partial charge in [-0.25, -0.2) is 9.78 Å². The normalized spacial score (nSPS) is 13.6. The molecule has 1 aromatic heterocycles. The second-order valence-corrected chi connectivity index (χ2v) is 11.8. The molecule has 0 radical (unpaired) electrons. The third kappa shape index (κ3) is 6.54. The van der Waals surface area contributed by atoms with Gasteiger partial charge < -0.3 is 20.5 Å². The molecule has 0 unspecified atom stereocenters. The van der Waals surface area contributed by atoms with Gasteiger partial charge in [0.25, 0.3) is 5.91 Å². The van der Waals surface area contributed by atoms with Gasteiger partial charge in [0.05, 0.1) is 16.6 Å². The molecule has 5 rings (SSSR count). The first-order chi connectivity index (χ1) is 19.8. The molecule has 3 amide bonds. The van der Waals surface area contributed by atoms with E-state index >= 15 is 0 Å². The van der Waals surface area contributed by atoms with Crippen LogP contribution in [0.2, 0.25) is 5.02 Å². The molecular weight excluding hydrogens is 567 g/mol. The van der Waals surface area contributed by atoms with Crippen molar-refractivity contribution in [1.29, 1.82) is 0 Å². The summed E-state index contributed by atoms with van der Waals surface area (Å²) in [5.74, 6) is 0.360. The maximum Gasteiger partial charge on any atom is 0.416 e. The minimum absolute atomic E-state index is 0.150. The van der Waals surface area contributed by atoms with Crippen LogP contribution in [0.1, 0.15) is 53.6 Å². The van der Waals surface area contributed by atoms with Crippen LogP contribution in [0.5, 0.6) is 0 Å². The number of H-pyrrole nitrogens is 1. The van der Waals surface area contributed by atoms with Crippen LogP contribution in [0.25, 0.3) is 22.2 Å². The number of aromatic nitrogens is 2. The van der Waals surface area contributed by atoms with Gasteiger partial charge in [0.15, 0.2) is 0 Å². The molecule has 4 aromatic rings. The van der Waals surface area contributed by atoms with Crippen LogP contribution < -0.4 is 10.6 Å². The van der Waals surface area contributed by atoms with Gasteiger partial charge in [-0.2, -0.15) is 13.2 Å². The lowest BCUT2D eigenvalue weighted by molar-refractivity contribution is -0.137. The van der Waals surface area contributed by atoms with Crippen molar-refractivity contribution < 1.29 is 22.8 Å². The van der Waals surface area contributed by atoms with E-state index in [-0.39, 0.29) is 18.5 Å². The number of aromatic amines is 1. The van der Waals surface area contributed by atoms with E-state index in [0.717, 1.165) is 28.7 Å². The van der Waals surface area contributed by atoms with E-state index < -0.39 is 17.3 Å². The average Bonchev–Trinajstić information content (AvgIpc) is 3.32. The number of hydrogen-bond donors (Lipinski definition) is 3. The largest absolute Gasteiger partial charge is 0.416 e. The molecule has 220 valence electrons.